The lowest BCUT2D eigenvalue weighted by Crippen LogP contribution is -2.38. The second-order valence-electron chi connectivity index (χ2n) is 6.91. The minimum atomic E-state index is 0.0609. The summed E-state index contributed by atoms with van der Waals surface area (Å²) in [5, 5.41) is 7.84. The zero-order valence-corrected chi connectivity index (χ0v) is 14.9. The van der Waals surface area contributed by atoms with Crippen molar-refractivity contribution in [3.05, 3.63) is 47.3 Å². The summed E-state index contributed by atoms with van der Waals surface area (Å²) in [5.74, 6) is 0.272. The van der Waals surface area contributed by atoms with Gasteiger partial charge in [-0.05, 0) is 37.9 Å². The standard InChI is InChI=1S/C19H26N4O/c1-13(2)18-17(19(24)22(4)16-9-10-20-11-16)12-21-23(18)15-7-5-14(3)6-8-15/h5-8,12-13,16,20H,9-11H2,1-4H3. The molecule has 1 aliphatic heterocycles. The molecule has 1 unspecified atom stereocenters. The molecule has 2 heterocycles. The molecule has 24 heavy (non-hydrogen) atoms. The molecule has 128 valence electrons. The van der Waals surface area contributed by atoms with E-state index in [-0.39, 0.29) is 17.9 Å². The molecule has 2 aromatic rings. The summed E-state index contributed by atoms with van der Waals surface area (Å²) in [6.45, 7) is 8.12. The molecule has 1 saturated heterocycles. The Balaban J connectivity index is 1.96. The highest BCUT2D eigenvalue weighted by molar-refractivity contribution is 5.95. The maximum atomic E-state index is 13.0. The number of nitrogens with zero attached hydrogens (tertiary/aromatic N) is 3. The Morgan fingerprint density at radius 3 is 2.62 bits per heavy atom. The Bertz CT molecular complexity index is 711. The molecule has 1 aromatic carbocycles. The number of benzene rings is 1. The van der Waals surface area contributed by atoms with Crippen LogP contribution >= 0.6 is 0 Å². The number of hydrogen-bond acceptors (Lipinski definition) is 3. The van der Waals surface area contributed by atoms with Crippen LogP contribution in [-0.2, 0) is 0 Å². The SMILES string of the molecule is Cc1ccc(-n2ncc(C(=O)N(C)C3CCNC3)c2C(C)C)cc1. The predicted molar refractivity (Wildman–Crippen MR) is 95.8 cm³/mol. The lowest BCUT2D eigenvalue weighted by Gasteiger charge is -2.24. The molecule has 0 aliphatic carbocycles. The number of nitrogens with one attached hydrogen (secondary N) is 1. The van der Waals surface area contributed by atoms with Gasteiger partial charge in [-0.2, -0.15) is 5.10 Å². The van der Waals surface area contributed by atoms with Gasteiger partial charge >= 0.3 is 0 Å². The highest BCUT2D eigenvalue weighted by atomic mass is 16.2. The first-order valence-electron chi connectivity index (χ1n) is 8.62. The molecule has 1 aromatic heterocycles. The lowest BCUT2D eigenvalue weighted by molar-refractivity contribution is 0.0742. The highest BCUT2D eigenvalue weighted by Gasteiger charge is 2.28. The number of rotatable bonds is 4. The van der Waals surface area contributed by atoms with Gasteiger partial charge in [-0.25, -0.2) is 4.68 Å². The minimum absolute atomic E-state index is 0.0609. The quantitative estimate of drug-likeness (QED) is 0.940. The van der Waals surface area contributed by atoms with E-state index in [0.717, 1.165) is 30.9 Å². The van der Waals surface area contributed by atoms with Crippen molar-refractivity contribution >= 4 is 5.91 Å². The Morgan fingerprint density at radius 2 is 2.04 bits per heavy atom. The molecule has 1 aliphatic rings. The molecular formula is C19H26N4O. The predicted octanol–water partition coefficient (Wildman–Crippen LogP) is 2.74. The maximum absolute atomic E-state index is 13.0. The Kier molecular flexibility index (Phi) is 4.71. The van der Waals surface area contributed by atoms with Crippen LogP contribution in [0, 0.1) is 6.92 Å². The van der Waals surface area contributed by atoms with Crippen molar-refractivity contribution in [3.63, 3.8) is 0 Å². The van der Waals surface area contributed by atoms with Crippen LogP contribution in [0.25, 0.3) is 5.69 Å². The second kappa shape index (κ2) is 6.77. The van der Waals surface area contributed by atoms with Crippen LogP contribution in [0.15, 0.2) is 30.5 Å². The zero-order chi connectivity index (χ0) is 17.3. The normalized spacial score (nSPS) is 17.5. The van der Waals surface area contributed by atoms with Gasteiger partial charge in [0, 0.05) is 19.6 Å². The topological polar surface area (TPSA) is 50.2 Å². The highest BCUT2D eigenvalue weighted by Crippen LogP contribution is 2.25. The van der Waals surface area contributed by atoms with E-state index in [0.29, 0.717) is 5.56 Å². The monoisotopic (exact) mass is 326 g/mol. The van der Waals surface area contributed by atoms with E-state index in [1.165, 1.54) is 5.56 Å². The van der Waals surface area contributed by atoms with Crippen LogP contribution in [0.5, 0.6) is 0 Å². The summed E-state index contributed by atoms with van der Waals surface area (Å²) in [4.78, 5) is 14.9. The Labute approximate surface area is 143 Å². The van der Waals surface area contributed by atoms with Crippen molar-refractivity contribution in [2.75, 3.05) is 20.1 Å². The Hall–Kier alpha value is -2.14. The van der Waals surface area contributed by atoms with Gasteiger partial charge in [0.15, 0.2) is 0 Å². The van der Waals surface area contributed by atoms with E-state index in [1.54, 1.807) is 6.20 Å². The number of carbonyl (C=O) groups is 1. The number of likely N-dealkylation sites (N-methyl/N-ethyl adjacent to an activating group) is 1. The molecule has 0 radical (unpaired) electrons. The van der Waals surface area contributed by atoms with Crippen LogP contribution in [0.2, 0.25) is 0 Å². The van der Waals surface area contributed by atoms with Crippen molar-refractivity contribution in [3.8, 4) is 5.69 Å². The largest absolute Gasteiger partial charge is 0.337 e. The second-order valence-corrected chi connectivity index (χ2v) is 6.91. The first kappa shape index (κ1) is 16.7. The fraction of sp³-hybridized carbons (Fsp3) is 0.474. The van der Waals surface area contributed by atoms with Gasteiger partial charge in [0.25, 0.3) is 5.91 Å². The van der Waals surface area contributed by atoms with Gasteiger partial charge in [0.05, 0.1) is 23.1 Å². The molecule has 1 N–H and O–H groups in total. The van der Waals surface area contributed by atoms with Gasteiger partial charge in [0.1, 0.15) is 0 Å². The van der Waals surface area contributed by atoms with E-state index in [9.17, 15) is 4.79 Å². The average molecular weight is 326 g/mol. The van der Waals surface area contributed by atoms with Gasteiger partial charge < -0.3 is 10.2 Å². The summed E-state index contributed by atoms with van der Waals surface area (Å²) in [6, 6.07) is 8.50. The molecule has 5 nitrogen and oxygen atoms in total. The first-order valence-corrected chi connectivity index (χ1v) is 8.62. The number of aromatic nitrogens is 2. The number of hydrogen-bond donors (Lipinski definition) is 1. The molecule has 1 atom stereocenters. The van der Waals surface area contributed by atoms with Crippen LogP contribution in [0.1, 0.15) is 47.8 Å². The van der Waals surface area contributed by atoms with Crippen LogP contribution < -0.4 is 5.32 Å². The third kappa shape index (κ3) is 3.08. The van der Waals surface area contributed by atoms with E-state index in [1.807, 2.05) is 28.8 Å². The summed E-state index contributed by atoms with van der Waals surface area (Å²) in [6.07, 6.45) is 2.72. The summed E-state index contributed by atoms with van der Waals surface area (Å²) >= 11 is 0. The molecule has 0 spiro atoms. The third-order valence-corrected chi connectivity index (χ3v) is 4.76. The van der Waals surface area contributed by atoms with Gasteiger partial charge in [-0.3, -0.25) is 4.79 Å². The van der Waals surface area contributed by atoms with Crippen LogP contribution in [-0.4, -0.2) is 46.8 Å². The fourth-order valence-corrected chi connectivity index (χ4v) is 3.30. The van der Waals surface area contributed by atoms with Gasteiger partial charge in [-0.1, -0.05) is 31.5 Å². The van der Waals surface area contributed by atoms with E-state index < -0.39 is 0 Å². The number of carbonyl (C=O) groups excluding carboxylic acids is 1. The zero-order valence-electron chi connectivity index (χ0n) is 14.9. The molecule has 1 amide bonds. The van der Waals surface area contributed by atoms with Crippen LogP contribution in [0.4, 0.5) is 0 Å². The smallest absolute Gasteiger partial charge is 0.257 e. The van der Waals surface area contributed by atoms with Gasteiger partial charge in [0.2, 0.25) is 0 Å². The van der Waals surface area contributed by atoms with Crippen molar-refractivity contribution < 1.29 is 4.79 Å². The molecule has 1 fully saturated rings. The molecular weight excluding hydrogens is 300 g/mol. The number of aryl methyl sites for hydroxylation is 1. The molecule has 3 rings (SSSR count). The molecule has 5 heteroatoms. The maximum Gasteiger partial charge on any atom is 0.257 e. The van der Waals surface area contributed by atoms with Crippen LogP contribution in [0.3, 0.4) is 0 Å². The van der Waals surface area contributed by atoms with Gasteiger partial charge in [-0.15, -0.1) is 0 Å². The molecule has 0 saturated carbocycles. The minimum Gasteiger partial charge on any atom is -0.337 e. The molecule has 0 bridgehead atoms. The van der Waals surface area contributed by atoms with Crippen molar-refractivity contribution in [1.82, 2.24) is 20.0 Å². The van der Waals surface area contributed by atoms with Crippen molar-refractivity contribution in [2.45, 2.75) is 39.2 Å². The third-order valence-electron chi connectivity index (χ3n) is 4.76. The number of amides is 1. The van der Waals surface area contributed by atoms with E-state index in [4.69, 9.17) is 0 Å². The van der Waals surface area contributed by atoms with Crippen molar-refractivity contribution in [1.29, 1.82) is 0 Å². The van der Waals surface area contributed by atoms with Crippen molar-refractivity contribution in [2.24, 2.45) is 0 Å². The first-order chi connectivity index (χ1) is 11.5. The fourth-order valence-electron chi connectivity index (χ4n) is 3.30. The van der Waals surface area contributed by atoms with E-state index in [2.05, 4.69) is 43.3 Å². The summed E-state index contributed by atoms with van der Waals surface area (Å²) in [7, 11) is 1.90. The summed E-state index contributed by atoms with van der Waals surface area (Å²) < 4.78 is 1.90. The average Bonchev–Trinajstić information content (AvgIpc) is 3.23. The summed E-state index contributed by atoms with van der Waals surface area (Å²) in [5.41, 5.74) is 3.89. The lowest BCUT2D eigenvalue weighted by atomic mass is 10.0. The van der Waals surface area contributed by atoms with E-state index >= 15 is 0 Å². The Morgan fingerprint density at radius 1 is 1.33 bits per heavy atom.